The number of halogens is 2. The Kier molecular flexibility index (Phi) is 6.46. The van der Waals surface area contributed by atoms with Crippen molar-refractivity contribution in [3.8, 4) is 11.1 Å². The van der Waals surface area contributed by atoms with E-state index in [-0.39, 0.29) is 24.8 Å². The molecule has 0 saturated carbocycles. The Morgan fingerprint density at radius 3 is 2.14 bits per heavy atom. The van der Waals surface area contributed by atoms with Crippen molar-refractivity contribution in [3.05, 3.63) is 102 Å². The summed E-state index contributed by atoms with van der Waals surface area (Å²) < 4.78 is 12.4. The maximum atomic E-state index is 2.83. The molecule has 0 spiro atoms. The fourth-order valence-electron chi connectivity index (χ4n) is 7.19. The Balaban J connectivity index is 0.00000190. The predicted octanol–water partition coefficient (Wildman–Crippen LogP) is 2.11. The Morgan fingerprint density at radius 1 is 0.757 bits per heavy atom. The van der Waals surface area contributed by atoms with E-state index in [2.05, 4.69) is 116 Å². The van der Waals surface area contributed by atoms with E-state index in [4.69, 9.17) is 0 Å². The number of unbranched alkanes of at least 4 members (excludes halogenated alkanes) is 1. The summed E-state index contributed by atoms with van der Waals surface area (Å²) in [5.41, 5.74) is 7.35. The van der Waals surface area contributed by atoms with Crippen LogP contribution >= 0.6 is 0 Å². The molecule has 0 amide bonds. The summed E-state index contributed by atoms with van der Waals surface area (Å²) in [6.45, 7) is 2.30. The first-order valence-electron chi connectivity index (χ1n) is 13.8. The zero-order chi connectivity index (χ0) is 25.3. The second kappa shape index (κ2) is 7.82. The van der Waals surface area contributed by atoms with Gasteiger partial charge in [0.2, 0.25) is 0 Å². The van der Waals surface area contributed by atoms with Gasteiger partial charge in [0.1, 0.15) is 0 Å². The van der Waals surface area contributed by atoms with Crippen molar-refractivity contribution in [1.29, 1.82) is 0 Å². The third kappa shape index (κ3) is 4.93. The zero-order valence-corrected chi connectivity index (χ0v) is 31.7. The van der Waals surface area contributed by atoms with Gasteiger partial charge < -0.3 is 24.8 Å². The van der Waals surface area contributed by atoms with E-state index in [1.165, 1.54) is 61.5 Å². The third-order valence-corrected chi connectivity index (χ3v) is 48.2. The van der Waals surface area contributed by atoms with Crippen LogP contribution < -0.4 is 24.8 Å². The van der Waals surface area contributed by atoms with Crippen LogP contribution in [0.4, 0.5) is 0 Å². The average molecular weight is 647 g/mol. The Bertz CT molecular complexity index is 1500. The normalized spacial score (nSPS) is 22.7. The second-order valence-corrected chi connectivity index (χ2v) is 162. The van der Waals surface area contributed by atoms with Gasteiger partial charge in [-0.05, 0) is 0 Å². The molecule has 0 radical (unpaired) electrons. The third-order valence-electron chi connectivity index (χ3n) is 9.98. The first-order valence-corrected chi connectivity index (χ1v) is 43.2. The minimum atomic E-state index is -4.65. The van der Waals surface area contributed by atoms with Gasteiger partial charge in [0, 0.05) is 0 Å². The quantitative estimate of drug-likeness (QED) is 0.360. The molecule has 2 aliphatic rings. The molecule has 2 atom stereocenters. The van der Waals surface area contributed by atoms with Crippen LogP contribution in [0.15, 0.2) is 90.5 Å². The molecular weight excluding hydrogens is 603 g/mol. The van der Waals surface area contributed by atoms with Gasteiger partial charge in [-0.25, -0.2) is 0 Å². The van der Waals surface area contributed by atoms with Gasteiger partial charge in [0.05, 0.1) is 0 Å². The van der Waals surface area contributed by atoms with Gasteiger partial charge in [-0.2, -0.15) is 0 Å². The van der Waals surface area contributed by atoms with Crippen molar-refractivity contribution in [3.63, 3.8) is 0 Å². The number of benzene rings is 3. The minimum absolute atomic E-state index is 0. The zero-order valence-electron chi connectivity index (χ0n) is 23.7. The van der Waals surface area contributed by atoms with Crippen LogP contribution in [0.5, 0.6) is 0 Å². The van der Waals surface area contributed by atoms with Crippen molar-refractivity contribution < 1.29 is 37.5 Å². The van der Waals surface area contributed by atoms with Crippen molar-refractivity contribution in [2.75, 3.05) is 0 Å². The summed E-state index contributed by atoms with van der Waals surface area (Å²) in [5.74, 6) is 0. The van der Waals surface area contributed by atoms with E-state index < -0.39 is 12.7 Å². The van der Waals surface area contributed by atoms with Gasteiger partial charge >= 0.3 is 209 Å². The van der Waals surface area contributed by atoms with Crippen molar-refractivity contribution >= 4 is 31.6 Å². The number of fused-ring (bicyclic) bond motifs is 2. The molecule has 2 aliphatic carbocycles. The van der Waals surface area contributed by atoms with E-state index in [1.807, 2.05) is 0 Å². The Morgan fingerprint density at radius 2 is 1.41 bits per heavy atom. The van der Waals surface area contributed by atoms with Crippen molar-refractivity contribution in [1.82, 2.24) is 0 Å². The summed E-state index contributed by atoms with van der Waals surface area (Å²) in [6.07, 6.45) is 16.7. The largest absolute Gasteiger partial charge is 1.00 e. The molecule has 0 aromatic heterocycles. The van der Waals surface area contributed by atoms with E-state index in [0.717, 1.165) is 0 Å². The molecule has 200 valence electrons. The molecule has 0 aliphatic heterocycles. The van der Waals surface area contributed by atoms with Crippen molar-refractivity contribution in [2.45, 2.75) is 52.0 Å². The smallest absolute Gasteiger partial charge is 1.00 e. The van der Waals surface area contributed by atoms with Crippen LogP contribution in [0, 0.1) is 0 Å². The number of rotatable bonds is 6. The number of allylic oxidation sites excluding steroid dienone is 5. The Hall–Kier alpha value is -0.963. The summed E-state index contributed by atoms with van der Waals surface area (Å²) in [5, 5.41) is 2.66. The molecule has 3 aromatic carbocycles. The van der Waals surface area contributed by atoms with Crippen LogP contribution in [-0.4, -0.2) is 14.7 Å². The van der Waals surface area contributed by atoms with Crippen LogP contribution in [0.25, 0.3) is 28.0 Å². The molecule has 0 N–H and O–H groups in total. The molecule has 2 unspecified atom stereocenters. The molecule has 5 heteroatoms. The van der Waals surface area contributed by atoms with E-state index in [9.17, 15) is 0 Å². The molecule has 37 heavy (non-hydrogen) atoms. The topological polar surface area (TPSA) is 0 Å². The van der Waals surface area contributed by atoms with E-state index >= 15 is 0 Å². The maximum Gasteiger partial charge on any atom is -1.00 e. The van der Waals surface area contributed by atoms with Crippen molar-refractivity contribution in [2.24, 2.45) is 0 Å². The number of hydrogen-bond donors (Lipinski definition) is 0. The SMILES string of the molecule is CCCCC1=C[CH]([Zr]([CH3])([CH3])([CH3])([CH3])([SiH3])([SiH3])[CH]2C=Cc3c(-c4cccc5ccccc45)cccc32)C=C1.[Cl-].[Cl-]. The number of hydrogen-bond acceptors (Lipinski definition) is 0. The summed E-state index contributed by atoms with van der Waals surface area (Å²) >= 11 is -4.65. The van der Waals surface area contributed by atoms with Gasteiger partial charge in [0.15, 0.2) is 0 Å². The predicted molar refractivity (Wildman–Crippen MR) is 165 cm³/mol. The van der Waals surface area contributed by atoms with Crippen LogP contribution in [0.3, 0.4) is 0 Å². The molecule has 0 heterocycles. The van der Waals surface area contributed by atoms with Crippen LogP contribution in [-0.2, 0) is 12.7 Å². The molecule has 0 nitrogen and oxygen atoms in total. The Labute approximate surface area is 232 Å². The maximum absolute atomic E-state index is 4.65. The molecular formula is C32H44Cl2Si2Zr-2. The first-order chi connectivity index (χ1) is 16.0. The molecule has 0 bridgehead atoms. The summed E-state index contributed by atoms with van der Waals surface area (Å²) in [4.78, 5) is 0. The van der Waals surface area contributed by atoms with Gasteiger partial charge in [-0.15, -0.1) is 0 Å². The van der Waals surface area contributed by atoms with Gasteiger partial charge in [0.25, 0.3) is 0 Å². The monoisotopic (exact) mass is 644 g/mol. The van der Waals surface area contributed by atoms with Gasteiger partial charge in [-0.1, -0.05) is 0 Å². The molecule has 3 aromatic rings. The minimum Gasteiger partial charge on any atom is -1.00 e. The van der Waals surface area contributed by atoms with Gasteiger partial charge in [-0.3, -0.25) is 0 Å². The van der Waals surface area contributed by atoms with E-state index in [0.29, 0.717) is 7.25 Å². The molecule has 0 saturated heterocycles. The van der Waals surface area contributed by atoms with E-state index in [1.54, 1.807) is 11.1 Å². The standard InChI is InChI=1S/C19H13.C9H13.4CH3.2ClH.2H3Si.Zr/c1-2-10-16-14(6-1)8-4-12-18(16)19-13-5-9-15-7-3-11-17(15)19;1-2-3-6-9-7-4-5-8-9;;;;;;;;;/h1-13H;4-5,7-8H,2-3,6H2,1H3;4*1H3;2*1H;2*1H3;/p-2. The first kappa shape index (κ1) is 30.6. The summed E-state index contributed by atoms with van der Waals surface area (Å²) in [6, 6.07) is 22.7. The summed E-state index contributed by atoms with van der Waals surface area (Å²) in [7, 11) is 2.46. The van der Waals surface area contributed by atoms with Crippen LogP contribution in [0.1, 0.15) is 40.9 Å². The fourth-order valence-corrected chi connectivity index (χ4v) is 34.0. The molecule has 5 rings (SSSR count). The molecule has 0 fully saturated rings. The fraction of sp³-hybridized carbons (Fsp3) is 0.312. The van der Waals surface area contributed by atoms with Crippen LogP contribution in [0.2, 0.25) is 22.2 Å². The average Bonchev–Trinajstić information content (AvgIpc) is 3.45. The second-order valence-electron chi connectivity index (χ2n) is 19.0.